The van der Waals surface area contributed by atoms with E-state index in [0.717, 1.165) is 19.3 Å². The van der Waals surface area contributed by atoms with Crippen LogP contribution in [0.25, 0.3) is 0 Å². The topological polar surface area (TPSA) is 32.7 Å². The van der Waals surface area contributed by atoms with Gasteiger partial charge < -0.3 is 14.7 Å². The molecule has 0 unspecified atom stereocenters. The number of likely N-dealkylation sites (tertiary alicyclic amines) is 1. The zero-order chi connectivity index (χ0) is 12.8. The molecule has 0 amide bonds. The predicted molar refractivity (Wildman–Crippen MR) is 73.3 cm³/mol. The lowest BCUT2D eigenvalue weighted by molar-refractivity contribution is 0.0874. The van der Waals surface area contributed by atoms with Crippen molar-refractivity contribution in [2.45, 2.75) is 57.1 Å². The lowest BCUT2D eigenvalue weighted by Gasteiger charge is -2.32. The quantitative estimate of drug-likeness (QED) is 0.782. The van der Waals surface area contributed by atoms with E-state index >= 15 is 0 Å². The van der Waals surface area contributed by atoms with Crippen molar-refractivity contribution in [1.82, 2.24) is 4.90 Å². The van der Waals surface area contributed by atoms with Crippen LogP contribution in [0.15, 0.2) is 12.3 Å². The molecule has 3 atom stereocenters. The van der Waals surface area contributed by atoms with Crippen molar-refractivity contribution in [2.24, 2.45) is 5.92 Å². The summed E-state index contributed by atoms with van der Waals surface area (Å²) in [5, 5.41) is 10.2. The maximum absolute atomic E-state index is 10.2. The van der Waals surface area contributed by atoms with Crippen LogP contribution >= 0.6 is 0 Å². The van der Waals surface area contributed by atoms with E-state index in [-0.39, 0.29) is 6.10 Å². The van der Waals surface area contributed by atoms with E-state index in [1.54, 1.807) is 13.4 Å². The van der Waals surface area contributed by atoms with Crippen LogP contribution in [0, 0.1) is 5.92 Å². The number of aliphatic hydroxyl groups is 1. The van der Waals surface area contributed by atoms with Crippen molar-refractivity contribution in [2.75, 3.05) is 20.2 Å². The summed E-state index contributed by atoms with van der Waals surface area (Å²) in [5.41, 5.74) is 0. The predicted octanol–water partition coefficient (Wildman–Crippen LogP) is 2.55. The minimum absolute atomic E-state index is 0.125. The van der Waals surface area contributed by atoms with Crippen molar-refractivity contribution >= 4 is 0 Å². The van der Waals surface area contributed by atoms with Crippen LogP contribution in [0.3, 0.4) is 0 Å². The van der Waals surface area contributed by atoms with Gasteiger partial charge in [0.25, 0.3) is 0 Å². The van der Waals surface area contributed by atoms with Gasteiger partial charge in [0.15, 0.2) is 0 Å². The van der Waals surface area contributed by atoms with Crippen LogP contribution in [0.4, 0.5) is 0 Å². The summed E-state index contributed by atoms with van der Waals surface area (Å²) >= 11 is 0. The average Bonchev–Trinajstić information content (AvgIpc) is 2.60. The lowest BCUT2D eigenvalue weighted by Crippen LogP contribution is -2.40. The number of rotatable bonds is 4. The van der Waals surface area contributed by atoms with E-state index in [1.807, 2.05) is 0 Å². The fraction of sp³-hybridized carbons (Fsp3) is 0.867. The van der Waals surface area contributed by atoms with Gasteiger partial charge >= 0.3 is 0 Å². The van der Waals surface area contributed by atoms with Crippen LogP contribution in [0.2, 0.25) is 0 Å². The molecule has 18 heavy (non-hydrogen) atoms. The smallest absolute Gasteiger partial charge is 0.0784 e. The zero-order valence-corrected chi connectivity index (χ0v) is 11.6. The second-order valence-corrected chi connectivity index (χ2v) is 5.67. The minimum Gasteiger partial charge on any atom is -0.505 e. The molecular formula is C15H27NO2. The molecule has 1 aliphatic heterocycles. The second kappa shape index (κ2) is 7.15. The highest BCUT2D eigenvalue weighted by atomic mass is 16.5. The molecule has 1 saturated carbocycles. The summed E-state index contributed by atoms with van der Waals surface area (Å²) < 4.78 is 4.96. The van der Waals surface area contributed by atoms with Gasteiger partial charge in [-0.25, -0.2) is 0 Å². The Morgan fingerprint density at radius 2 is 1.89 bits per heavy atom. The molecule has 3 heteroatoms. The molecule has 0 aromatic carbocycles. The molecule has 1 aliphatic carbocycles. The molecule has 0 bridgehead atoms. The van der Waals surface area contributed by atoms with Gasteiger partial charge in [-0.1, -0.05) is 12.8 Å². The number of hydrogen-bond donors (Lipinski definition) is 1. The zero-order valence-electron chi connectivity index (χ0n) is 11.6. The molecule has 0 spiro atoms. The fourth-order valence-corrected chi connectivity index (χ4v) is 3.53. The first-order valence-electron chi connectivity index (χ1n) is 7.43. The van der Waals surface area contributed by atoms with E-state index < -0.39 is 0 Å². The number of ether oxygens (including phenoxy) is 1. The van der Waals surface area contributed by atoms with Crippen LogP contribution in [-0.2, 0) is 4.74 Å². The molecule has 2 fully saturated rings. The van der Waals surface area contributed by atoms with Crippen LogP contribution in [-0.4, -0.2) is 42.4 Å². The molecule has 2 aliphatic rings. The maximum Gasteiger partial charge on any atom is 0.0784 e. The average molecular weight is 253 g/mol. The summed E-state index contributed by atoms with van der Waals surface area (Å²) in [6.45, 7) is 2.45. The number of methoxy groups -OCH3 is 1. The minimum atomic E-state index is -0.125. The standard InChI is InChI=1S/C15H27NO2/c1-18-12-6-7-13-14(8-9-15(13)17)16-10-4-2-3-5-11-16/h6,12-15,17H,2-5,7-11H2,1H3/t13-,14+,15+/m1/s1. The van der Waals surface area contributed by atoms with Gasteiger partial charge in [-0.3, -0.25) is 0 Å². The summed E-state index contributed by atoms with van der Waals surface area (Å²) in [7, 11) is 1.67. The van der Waals surface area contributed by atoms with Crippen LogP contribution in [0.5, 0.6) is 0 Å². The Bertz CT molecular complexity index is 259. The van der Waals surface area contributed by atoms with E-state index in [9.17, 15) is 5.11 Å². The largest absolute Gasteiger partial charge is 0.505 e. The molecule has 3 nitrogen and oxygen atoms in total. The van der Waals surface area contributed by atoms with Crippen molar-refractivity contribution < 1.29 is 9.84 Å². The monoisotopic (exact) mass is 253 g/mol. The molecule has 1 saturated heterocycles. The Hall–Kier alpha value is -0.540. The lowest BCUT2D eigenvalue weighted by atomic mass is 9.96. The number of allylic oxidation sites excluding steroid dienone is 1. The highest BCUT2D eigenvalue weighted by molar-refractivity contribution is 4.95. The van der Waals surface area contributed by atoms with Crippen LogP contribution < -0.4 is 0 Å². The van der Waals surface area contributed by atoms with Gasteiger partial charge in [-0.2, -0.15) is 0 Å². The summed E-state index contributed by atoms with van der Waals surface area (Å²) in [6.07, 6.45) is 12.1. The first-order valence-corrected chi connectivity index (χ1v) is 7.43. The van der Waals surface area contributed by atoms with E-state index in [1.165, 1.54) is 38.8 Å². The highest BCUT2D eigenvalue weighted by Crippen LogP contribution is 2.34. The third-order valence-electron chi connectivity index (χ3n) is 4.50. The third kappa shape index (κ3) is 3.48. The van der Waals surface area contributed by atoms with Gasteiger partial charge in [-0.15, -0.1) is 0 Å². The van der Waals surface area contributed by atoms with Gasteiger partial charge in [-0.05, 0) is 51.3 Å². The van der Waals surface area contributed by atoms with E-state index in [2.05, 4.69) is 11.0 Å². The molecular weight excluding hydrogens is 226 g/mol. The molecule has 0 radical (unpaired) electrons. The number of nitrogens with zero attached hydrogens (tertiary/aromatic N) is 1. The van der Waals surface area contributed by atoms with Crippen molar-refractivity contribution in [1.29, 1.82) is 0 Å². The Morgan fingerprint density at radius 1 is 1.17 bits per heavy atom. The van der Waals surface area contributed by atoms with E-state index in [0.29, 0.717) is 12.0 Å². The Balaban J connectivity index is 1.93. The molecule has 2 rings (SSSR count). The Kier molecular flexibility index (Phi) is 5.51. The summed E-state index contributed by atoms with van der Waals surface area (Å²) in [4.78, 5) is 2.63. The van der Waals surface area contributed by atoms with Gasteiger partial charge in [0, 0.05) is 12.0 Å². The number of hydrogen-bond acceptors (Lipinski definition) is 3. The van der Waals surface area contributed by atoms with Gasteiger partial charge in [0.1, 0.15) is 0 Å². The van der Waals surface area contributed by atoms with Gasteiger partial charge in [0.05, 0.1) is 19.5 Å². The highest BCUT2D eigenvalue weighted by Gasteiger charge is 2.37. The van der Waals surface area contributed by atoms with Crippen molar-refractivity contribution in [3.63, 3.8) is 0 Å². The molecule has 1 heterocycles. The first kappa shape index (κ1) is 13.9. The SMILES string of the molecule is COC=CC[C@H]1[C@@H](O)CC[C@@H]1N1CCCCCC1. The summed E-state index contributed by atoms with van der Waals surface area (Å²) in [5.74, 6) is 0.398. The third-order valence-corrected chi connectivity index (χ3v) is 4.50. The number of aliphatic hydroxyl groups excluding tert-OH is 1. The van der Waals surface area contributed by atoms with Gasteiger partial charge in [0.2, 0.25) is 0 Å². The maximum atomic E-state index is 10.2. The van der Waals surface area contributed by atoms with Crippen molar-refractivity contribution in [3.05, 3.63) is 12.3 Å². The fourth-order valence-electron chi connectivity index (χ4n) is 3.53. The first-order chi connectivity index (χ1) is 8.83. The Labute approximate surface area is 111 Å². The molecule has 1 N–H and O–H groups in total. The molecule has 104 valence electrons. The second-order valence-electron chi connectivity index (χ2n) is 5.67. The molecule has 0 aromatic rings. The molecule has 0 aromatic heterocycles. The van der Waals surface area contributed by atoms with E-state index in [4.69, 9.17) is 4.74 Å². The van der Waals surface area contributed by atoms with Crippen LogP contribution in [0.1, 0.15) is 44.9 Å². The normalized spacial score (nSPS) is 34.9. The summed E-state index contributed by atoms with van der Waals surface area (Å²) in [6, 6.07) is 0.583. The Morgan fingerprint density at radius 3 is 2.56 bits per heavy atom. The van der Waals surface area contributed by atoms with Crippen molar-refractivity contribution in [3.8, 4) is 0 Å².